The minimum Gasteiger partial charge on any atom is -0.381 e. The second-order valence-electron chi connectivity index (χ2n) is 6.75. The zero-order chi connectivity index (χ0) is 15.6. The maximum absolute atomic E-state index is 12.5. The highest BCUT2D eigenvalue weighted by Crippen LogP contribution is 2.48. The van der Waals surface area contributed by atoms with Gasteiger partial charge in [-0.25, -0.2) is 9.78 Å². The van der Waals surface area contributed by atoms with Crippen LogP contribution in [0, 0.1) is 11.3 Å². The summed E-state index contributed by atoms with van der Waals surface area (Å²) in [6.45, 7) is 7.64. The zero-order valence-corrected chi connectivity index (χ0v) is 14.2. The lowest BCUT2D eigenvalue weighted by molar-refractivity contribution is -0.124. The van der Waals surface area contributed by atoms with Crippen LogP contribution in [0.4, 0.5) is 4.79 Å². The van der Waals surface area contributed by atoms with E-state index in [-0.39, 0.29) is 6.03 Å². The van der Waals surface area contributed by atoms with E-state index in [4.69, 9.17) is 4.74 Å². The average Bonchev–Trinajstić information content (AvgIpc) is 2.98. The van der Waals surface area contributed by atoms with Gasteiger partial charge >= 0.3 is 6.03 Å². The summed E-state index contributed by atoms with van der Waals surface area (Å²) in [5.41, 5.74) is 3.17. The van der Waals surface area contributed by atoms with Crippen molar-refractivity contribution in [3.8, 4) is 0 Å². The molecular weight excluding hydrogens is 298 g/mol. The molecule has 0 bridgehead atoms. The van der Waals surface area contributed by atoms with Gasteiger partial charge < -0.3 is 15.0 Å². The van der Waals surface area contributed by atoms with E-state index in [9.17, 15) is 4.79 Å². The Hall–Kier alpha value is -1.14. The lowest BCUT2D eigenvalue weighted by Gasteiger charge is -2.60. The number of rotatable bonds is 4. The van der Waals surface area contributed by atoms with Crippen LogP contribution in [-0.4, -0.2) is 48.3 Å². The fraction of sp³-hybridized carbons (Fsp3) is 0.750. The van der Waals surface area contributed by atoms with Crippen molar-refractivity contribution in [2.45, 2.75) is 39.2 Å². The second kappa shape index (κ2) is 6.54. The predicted molar refractivity (Wildman–Crippen MR) is 87.0 cm³/mol. The summed E-state index contributed by atoms with van der Waals surface area (Å²) in [4.78, 5) is 18.7. The Kier molecular flexibility index (Phi) is 4.68. The summed E-state index contributed by atoms with van der Waals surface area (Å²) in [5, 5.41) is 5.08. The molecular formula is C16H25N3O2S. The third-order valence-electron chi connectivity index (χ3n) is 4.97. The summed E-state index contributed by atoms with van der Waals surface area (Å²) < 4.78 is 5.51. The largest absolute Gasteiger partial charge is 0.381 e. The summed E-state index contributed by atoms with van der Waals surface area (Å²) in [5.74, 6) is 0.483. The van der Waals surface area contributed by atoms with Crippen LogP contribution in [0.25, 0.3) is 0 Å². The third-order valence-corrected chi connectivity index (χ3v) is 5.61. The number of carbonyl (C=O) groups excluding carboxylic acids is 1. The van der Waals surface area contributed by atoms with Gasteiger partial charge in [-0.05, 0) is 18.8 Å². The van der Waals surface area contributed by atoms with Gasteiger partial charge in [-0.15, -0.1) is 11.3 Å². The molecule has 1 spiro atoms. The van der Waals surface area contributed by atoms with Crippen LogP contribution in [0.15, 0.2) is 10.9 Å². The molecule has 1 unspecified atom stereocenters. The summed E-state index contributed by atoms with van der Waals surface area (Å²) >= 11 is 1.59. The quantitative estimate of drug-likeness (QED) is 0.926. The molecule has 1 aromatic rings. The lowest BCUT2D eigenvalue weighted by Crippen LogP contribution is -2.71. The first-order valence-corrected chi connectivity index (χ1v) is 9.06. The van der Waals surface area contributed by atoms with Gasteiger partial charge in [0, 0.05) is 49.6 Å². The Labute approximate surface area is 136 Å². The van der Waals surface area contributed by atoms with Crippen molar-refractivity contribution in [3.63, 3.8) is 0 Å². The number of nitrogens with zero attached hydrogens (tertiary/aromatic N) is 2. The van der Waals surface area contributed by atoms with E-state index in [1.54, 1.807) is 11.3 Å². The van der Waals surface area contributed by atoms with Crippen molar-refractivity contribution < 1.29 is 9.53 Å². The molecule has 2 aliphatic heterocycles. The highest BCUT2D eigenvalue weighted by molar-refractivity contribution is 7.07. The van der Waals surface area contributed by atoms with Crippen LogP contribution in [0.1, 0.15) is 32.4 Å². The van der Waals surface area contributed by atoms with Crippen LogP contribution < -0.4 is 5.32 Å². The van der Waals surface area contributed by atoms with Gasteiger partial charge in [-0.3, -0.25) is 0 Å². The predicted octanol–water partition coefficient (Wildman–Crippen LogP) is 2.53. The van der Waals surface area contributed by atoms with Gasteiger partial charge in [0.1, 0.15) is 0 Å². The van der Waals surface area contributed by atoms with Crippen LogP contribution in [0.5, 0.6) is 0 Å². The molecule has 6 heteroatoms. The number of nitrogens with one attached hydrogen (secondary N) is 1. The standard InChI is InChI=1S/C16H25N3O2S/c1-12(2)14-16(4-7-21-8-5-16)10-19(14)15(20)17-6-3-13-9-22-11-18-13/h9,11-12,14H,3-8,10H2,1-2H3,(H,17,20). The molecule has 1 aromatic heterocycles. The maximum atomic E-state index is 12.5. The molecule has 2 amide bonds. The van der Waals surface area contributed by atoms with Crippen molar-refractivity contribution in [1.29, 1.82) is 0 Å². The summed E-state index contributed by atoms with van der Waals surface area (Å²) in [6, 6.07) is 0.418. The number of amides is 2. The highest BCUT2D eigenvalue weighted by Gasteiger charge is 2.55. The van der Waals surface area contributed by atoms with Crippen LogP contribution >= 0.6 is 11.3 Å². The molecule has 2 fully saturated rings. The Balaban J connectivity index is 1.53. The van der Waals surface area contributed by atoms with Crippen LogP contribution in [0.2, 0.25) is 0 Å². The zero-order valence-electron chi connectivity index (χ0n) is 13.4. The van der Waals surface area contributed by atoms with Gasteiger partial charge in [-0.1, -0.05) is 13.8 Å². The Morgan fingerprint density at radius 3 is 2.95 bits per heavy atom. The van der Waals surface area contributed by atoms with Gasteiger partial charge in [0.05, 0.1) is 11.2 Å². The minimum absolute atomic E-state index is 0.0750. The van der Waals surface area contributed by atoms with Gasteiger partial charge in [0.2, 0.25) is 0 Å². The smallest absolute Gasteiger partial charge is 0.317 e. The molecule has 5 nitrogen and oxygen atoms in total. The first-order chi connectivity index (χ1) is 10.6. The Bertz CT molecular complexity index is 497. The molecule has 0 aromatic carbocycles. The molecule has 1 N–H and O–H groups in total. The van der Waals surface area contributed by atoms with Crippen LogP contribution in [-0.2, 0) is 11.2 Å². The van der Waals surface area contributed by atoms with Gasteiger partial charge in [0.15, 0.2) is 0 Å². The van der Waals surface area contributed by atoms with E-state index in [0.29, 0.717) is 23.9 Å². The summed E-state index contributed by atoms with van der Waals surface area (Å²) in [6.07, 6.45) is 2.96. The Morgan fingerprint density at radius 2 is 2.32 bits per heavy atom. The molecule has 0 radical (unpaired) electrons. The first-order valence-electron chi connectivity index (χ1n) is 8.12. The number of hydrogen-bond acceptors (Lipinski definition) is 4. The molecule has 0 aliphatic carbocycles. The maximum Gasteiger partial charge on any atom is 0.317 e. The van der Waals surface area contributed by atoms with Crippen molar-refractivity contribution in [2.24, 2.45) is 11.3 Å². The fourth-order valence-electron chi connectivity index (χ4n) is 4.01. The normalized spacial score (nSPS) is 23.6. The Morgan fingerprint density at radius 1 is 1.55 bits per heavy atom. The number of hydrogen-bond donors (Lipinski definition) is 1. The van der Waals surface area contributed by atoms with E-state index in [2.05, 4.69) is 24.1 Å². The van der Waals surface area contributed by atoms with Crippen molar-refractivity contribution in [2.75, 3.05) is 26.3 Å². The van der Waals surface area contributed by atoms with E-state index in [1.807, 2.05) is 15.8 Å². The molecule has 3 heterocycles. The molecule has 122 valence electrons. The monoisotopic (exact) mass is 323 g/mol. The van der Waals surface area contributed by atoms with Crippen molar-refractivity contribution in [1.82, 2.24) is 15.2 Å². The number of thiazole rings is 1. The topological polar surface area (TPSA) is 54.5 Å². The van der Waals surface area contributed by atoms with Gasteiger partial charge in [-0.2, -0.15) is 0 Å². The average molecular weight is 323 g/mol. The van der Waals surface area contributed by atoms with E-state index in [1.165, 1.54) is 0 Å². The van der Waals surface area contributed by atoms with Crippen LogP contribution in [0.3, 0.4) is 0 Å². The number of urea groups is 1. The highest BCUT2D eigenvalue weighted by atomic mass is 32.1. The number of carbonyl (C=O) groups is 1. The molecule has 22 heavy (non-hydrogen) atoms. The number of aromatic nitrogens is 1. The molecule has 2 aliphatic rings. The molecule has 2 saturated heterocycles. The first kappa shape index (κ1) is 15.7. The fourth-order valence-corrected chi connectivity index (χ4v) is 4.60. The SMILES string of the molecule is CC(C)C1N(C(=O)NCCc2cscn2)CC12CCOCC2. The molecule has 1 atom stereocenters. The third kappa shape index (κ3) is 2.99. The van der Waals surface area contributed by atoms with E-state index < -0.39 is 0 Å². The van der Waals surface area contributed by atoms with Crippen molar-refractivity contribution in [3.05, 3.63) is 16.6 Å². The van der Waals surface area contributed by atoms with E-state index in [0.717, 1.165) is 44.7 Å². The van der Waals surface area contributed by atoms with Gasteiger partial charge in [0.25, 0.3) is 0 Å². The number of ether oxygens (including phenoxy) is 1. The van der Waals surface area contributed by atoms with E-state index >= 15 is 0 Å². The molecule has 0 saturated carbocycles. The lowest BCUT2D eigenvalue weighted by atomic mass is 9.63. The van der Waals surface area contributed by atoms with Crippen molar-refractivity contribution >= 4 is 17.4 Å². The number of likely N-dealkylation sites (tertiary alicyclic amines) is 1. The minimum atomic E-state index is 0.0750. The summed E-state index contributed by atoms with van der Waals surface area (Å²) in [7, 11) is 0. The second-order valence-corrected chi connectivity index (χ2v) is 7.47. The molecule has 3 rings (SSSR count).